The van der Waals surface area contributed by atoms with Gasteiger partial charge in [-0.05, 0) is 75.1 Å². The Hall–Kier alpha value is -4.15. The minimum Gasteiger partial charge on any atom is -0.443 e. The van der Waals surface area contributed by atoms with E-state index in [9.17, 15) is 14.7 Å². The first-order valence-corrected chi connectivity index (χ1v) is 14.3. The van der Waals surface area contributed by atoms with Crippen LogP contribution >= 0.6 is 11.6 Å². The SMILES string of the molecule is Cn1ccc2c(-c3c(Cl)cc(Nc4ccc(N5CCC(O)CC5)cn4)c4c3CN(C(=O)OC(C)(C)C)C4=O)ccnc21. The summed E-state index contributed by atoms with van der Waals surface area (Å²) in [6.45, 7) is 6.82. The normalized spacial score (nSPS) is 15.8. The van der Waals surface area contributed by atoms with Gasteiger partial charge in [0.25, 0.3) is 5.91 Å². The molecule has 1 fully saturated rings. The number of benzene rings is 1. The number of carbonyl (C=O) groups excluding carboxylic acids is 2. The number of aliphatic hydroxyl groups is 1. The summed E-state index contributed by atoms with van der Waals surface area (Å²) < 4.78 is 7.49. The van der Waals surface area contributed by atoms with Crippen LogP contribution in [-0.2, 0) is 18.3 Å². The molecule has 5 heterocycles. The highest BCUT2D eigenvalue weighted by molar-refractivity contribution is 6.35. The number of hydrogen-bond donors (Lipinski definition) is 2. The van der Waals surface area contributed by atoms with Crippen LogP contribution in [0.5, 0.6) is 0 Å². The molecule has 42 heavy (non-hydrogen) atoms. The summed E-state index contributed by atoms with van der Waals surface area (Å²) in [6.07, 6.45) is 5.88. The fourth-order valence-corrected chi connectivity index (χ4v) is 5.94. The summed E-state index contributed by atoms with van der Waals surface area (Å²) in [5.74, 6) is 0.0567. The zero-order valence-electron chi connectivity index (χ0n) is 24.0. The number of anilines is 3. The number of rotatable bonds is 4. The van der Waals surface area contributed by atoms with Gasteiger partial charge in [-0.3, -0.25) is 4.79 Å². The topological polar surface area (TPSA) is 113 Å². The van der Waals surface area contributed by atoms with Crippen molar-refractivity contribution in [3.63, 3.8) is 0 Å². The predicted molar refractivity (Wildman–Crippen MR) is 162 cm³/mol. The molecule has 0 unspecified atom stereocenters. The van der Waals surface area contributed by atoms with Crippen molar-refractivity contribution in [3.8, 4) is 11.1 Å². The Morgan fingerprint density at radius 3 is 2.57 bits per heavy atom. The van der Waals surface area contributed by atoms with Crippen molar-refractivity contribution >= 4 is 51.8 Å². The molecular formula is C31H33ClN6O4. The molecule has 0 spiro atoms. The van der Waals surface area contributed by atoms with Crippen molar-refractivity contribution in [2.24, 2.45) is 7.05 Å². The van der Waals surface area contributed by atoms with Crippen LogP contribution in [-0.4, -0.2) is 61.3 Å². The number of aliphatic hydroxyl groups excluding tert-OH is 1. The summed E-state index contributed by atoms with van der Waals surface area (Å²) in [4.78, 5) is 39.4. The molecule has 2 amide bonds. The summed E-state index contributed by atoms with van der Waals surface area (Å²) in [7, 11) is 1.92. The van der Waals surface area contributed by atoms with Gasteiger partial charge in [-0.15, -0.1) is 0 Å². The number of piperidine rings is 1. The average molecular weight is 589 g/mol. The van der Waals surface area contributed by atoms with Gasteiger partial charge in [0.2, 0.25) is 0 Å². The number of nitrogens with zero attached hydrogens (tertiary/aromatic N) is 5. The standard InChI is InChI=1S/C31H33ClN6O4/c1-31(2,3)42-30(41)38-17-22-26(20-7-11-33-28-21(20)10-12-36(28)4)23(32)15-24(27(22)29(38)40)35-25-6-5-18(16-34-25)37-13-8-19(39)9-14-37/h5-7,10-12,15-16,19,39H,8-9,13-14,17H2,1-4H3,(H,34,35). The van der Waals surface area contributed by atoms with Crippen molar-refractivity contribution in [2.75, 3.05) is 23.3 Å². The van der Waals surface area contributed by atoms with E-state index in [1.165, 1.54) is 0 Å². The Morgan fingerprint density at radius 2 is 1.88 bits per heavy atom. The Morgan fingerprint density at radius 1 is 1.12 bits per heavy atom. The van der Waals surface area contributed by atoms with Crippen molar-refractivity contribution in [1.82, 2.24) is 19.4 Å². The van der Waals surface area contributed by atoms with Gasteiger partial charge in [-0.1, -0.05) is 11.6 Å². The molecule has 218 valence electrons. The summed E-state index contributed by atoms with van der Waals surface area (Å²) in [6, 6.07) is 9.35. The van der Waals surface area contributed by atoms with Gasteiger partial charge in [-0.2, -0.15) is 0 Å². The molecule has 0 saturated carbocycles. The number of aryl methyl sites for hydroxylation is 1. The van der Waals surface area contributed by atoms with Crippen LogP contribution in [0.25, 0.3) is 22.2 Å². The number of amides is 2. The highest BCUT2D eigenvalue weighted by Crippen LogP contribution is 2.44. The molecule has 2 aliphatic rings. The number of pyridine rings is 2. The van der Waals surface area contributed by atoms with Crippen molar-refractivity contribution in [1.29, 1.82) is 0 Å². The van der Waals surface area contributed by atoms with Crippen LogP contribution in [0.3, 0.4) is 0 Å². The third-order valence-electron chi connectivity index (χ3n) is 7.65. The van der Waals surface area contributed by atoms with E-state index in [0.29, 0.717) is 33.2 Å². The number of halogens is 1. The lowest BCUT2D eigenvalue weighted by Crippen LogP contribution is -2.37. The molecule has 2 aliphatic heterocycles. The number of carbonyl (C=O) groups is 2. The molecule has 6 rings (SSSR count). The Bertz CT molecular complexity index is 1690. The predicted octanol–water partition coefficient (Wildman–Crippen LogP) is 5.88. The highest BCUT2D eigenvalue weighted by Gasteiger charge is 2.39. The van der Waals surface area contributed by atoms with Crippen molar-refractivity contribution < 1.29 is 19.4 Å². The first-order chi connectivity index (χ1) is 20.0. The van der Waals surface area contributed by atoms with Crippen LogP contribution in [0.15, 0.2) is 48.9 Å². The van der Waals surface area contributed by atoms with Gasteiger partial charge >= 0.3 is 6.09 Å². The van der Waals surface area contributed by atoms with Gasteiger partial charge in [0.15, 0.2) is 0 Å². The lowest BCUT2D eigenvalue weighted by atomic mass is 9.94. The van der Waals surface area contributed by atoms with Gasteiger partial charge in [-0.25, -0.2) is 19.7 Å². The Kier molecular flexibility index (Phi) is 7.06. The molecule has 3 aromatic heterocycles. The van der Waals surface area contributed by atoms with Crippen LogP contribution in [0.4, 0.5) is 22.0 Å². The maximum absolute atomic E-state index is 13.9. The lowest BCUT2D eigenvalue weighted by molar-refractivity contribution is 0.0248. The van der Waals surface area contributed by atoms with Crippen LogP contribution in [0, 0.1) is 0 Å². The van der Waals surface area contributed by atoms with Crippen molar-refractivity contribution in [2.45, 2.75) is 51.9 Å². The molecule has 10 nitrogen and oxygen atoms in total. The van der Waals surface area contributed by atoms with Crippen LogP contribution in [0.1, 0.15) is 49.5 Å². The lowest BCUT2D eigenvalue weighted by Gasteiger charge is -2.31. The molecule has 0 aliphatic carbocycles. The van der Waals surface area contributed by atoms with E-state index in [0.717, 1.165) is 53.1 Å². The van der Waals surface area contributed by atoms with Gasteiger partial charge in [0.05, 0.1) is 40.8 Å². The molecule has 0 bridgehead atoms. The monoisotopic (exact) mass is 588 g/mol. The Labute approximate surface area is 248 Å². The van der Waals surface area contributed by atoms with Gasteiger partial charge in [0, 0.05) is 43.5 Å². The zero-order chi connectivity index (χ0) is 29.8. The van der Waals surface area contributed by atoms with Gasteiger partial charge < -0.3 is 24.6 Å². The number of hydrogen-bond acceptors (Lipinski definition) is 8. The molecule has 0 radical (unpaired) electrons. The maximum Gasteiger partial charge on any atom is 0.417 e. The molecule has 0 atom stereocenters. The minimum atomic E-state index is -0.771. The second-order valence-corrected chi connectivity index (χ2v) is 12.2. The van der Waals surface area contributed by atoms with E-state index >= 15 is 0 Å². The number of nitrogens with one attached hydrogen (secondary N) is 1. The smallest absolute Gasteiger partial charge is 0.417 e. The third kappa shape index (κ3) is 5.16. The molecule has 11 heteroatoms. The first-order valence-electron chi connectivity index (χ1n) is 14.0. The second kappa shape index (κ2) is 10.6. The van der Waals surface area contributed by atoms with E-state index < -0.39 is 17.6 Å². The number of imide groups is 1. The second-order valence-electron chi connectivity index (χ2n) is 11.8. The van der Waals surface area contributed by atoms with E-state index in [-0.39, 0.29) is 12.6 Å². The van der Waals surface area contributed by atoms with Crippen LogP contribution < -0.4 is 10.2 Å². The number of aromatic nitrogens is 3. The molecule has 1 aromatic carbocycles. The summed E-state index contributed by atoms with van der Waals surface area (Å²) in [5.41, 5.74) is 3.88. The zero-order valence-corrected chi connectivity index (χ0v) is 24.8. The highest BCUT2D eigenvalue weighted by atomic mass is 35.5. The summed E-state index contributed by atoms with van der Waals surface area (Å²) >= 11 is 6.98. The molecular weight excluding hydrogens is 556 g/mol. The molecule has 1 saturated heterocycles. The number of ether oxygens (including phenoxy) is 1. The van der Waals surface area contributed by atoms with Crippen molar-refractivity contribution in [3.05, 3.63) is 65.1 Å². The van der Waals surface area contributed by atoms with E-state index in [2.05, 4.69) is 20.2 Å². The quantitative estimate of drug-likeness (QED) is 0.304. The fraction of sp³-hybridized carbons (Fsp3) is 0.355. The van der Waals surface area contributed by atoms with E-state index in [1.54, 1.807) is 39.2 Å². The van der Waals surface area contributed by atoms with E-state index in [1.807, 2.05) is 42.1 Å². The third-order valence-corrected chi connectivity index (χ3v) is 7.95. The molecule has 4 aromatic rings. The Balaban J connectivity index is 1.41. The fourth-order valence-electron chi connectivity index (χ4n) is 5.62. The number of fused-ring (bicyclic) bond motifs is 2. The first kappa shape index (κ1) is 28.0. The van der Waals surface area contributed by atoms with Gasteiger partial charge in [0.1, 0.15) is 17.1 Å². The largest absolute Gasteiger partial charge is 0.443 e. The average Bonchev–Trinajstić information content (AvgIpc) is 3.49. The summed E-state index contributed by atoms with van der Waals surface area (Å²) in [5, 5.41) is 14.4. The van der Waals surface area contributed by atoms with Crippen LogP contribution in [0.2, 0.25) is 5.02 Å². The minimum absolute atomic E-state index is 0.0114. The maximum atomic E-state index is 13.9. The molecule has 2 N–H and O–H groups in total. The van der Waals surface area contributed by atoms with E-state index in [4.69, 9.17) is 16.3 Å².